The van der Waals surface area contributed by atoms with Gasteiger partial charge in [-0.15, -0.1) is 0 Å². The maximum Gasteiger partial charge on any atom is 0.271 e. The molecule has 0 spiro atoms. The van der Waals surface area contributed by atoms with E-state index in [1.165, 1.54) is 53.5 Å². The average Bonchev–Trinajstić information content (AvgIpc) is 3.32. The zero-order valence-corrected chi connectivity index (χ0v) is 14.8. The second-order valence-corrected chi connectivity index (χ2v) is 7.90. The first-order chi connectivity index (χ1) is 13.1. The van der Waals surface area contributed by atoms with Crippen molar-refractivity contribution in [3.05, 3.63) is 57.7 Å². The third-order valence-corrected chi connectivity index (χ3v) is 6.58. The molecule has 1 heterocycles. The summed E-state index contributed by atoms with van der Waals surface area (Å²) in [5.74, 6) is -1.08. The Labute approximate surface area is 156 Å². The molecule has 2 saturated carbocycles. The highest BCUT2D eigenvalue weighted by molar-refractivity contribution is 6.23. The first-order valence-corrected chi connectivity index (χ1v) is 9.60. The number of benzene rings is 1. The zero-order valence-electron chi connectivity index (χ0n) is 14.8. The molecule has 27 heavy (non-hydrogen) atoms. The summed E-state index contributed by atoms with van der Waals surface area (Å²) in [7, 11) is 0. The van der Waals surface area contributed by atoms with Crippen molar-refractivity contribution in [1.29, 1.82) is 0 Å². The molecule has 3 aliphatic carbocycles. The van der Waals surface area contributed by atoms with Crippen LogP contribution in [-0.2, 0) is 9.59 Å². The minimum atomic E-state index is -0.508. The molecule has 1 saturated heterocycles. The van der Waals surface area contributed by atoms with E-state index in [1.54, 1.807) is 6.07 Å². The van der Waals surface area contributed by atoms with E-state index in [0.29, 0.717) is 5.69 Å². The van der Waals surface area contributed by atoms with Crippen LogP contribution in [0.15, 0.2) is 47.6 Å². The highest BCUT2D eigenvalue weighted by atomic mass is 16.6. The number of allylic oxidation sites excluding steroid dienone is 4. The van der Waals surface area contributed by atoms with E-state index in [2.05, 4.69) is 12.2 Å². The van der Waals surface area contributed by atoms with Gasteiger partial charge in [0.15, 0.2) is 0 Å². The van der Waals surface area contributed by atoms with Crippen LogP contribution in [0.1, 0.15) is 32.1 Å². The second kappa shape index (κ2) is 5.87. The first-order valence-electron chi connectivity index (χ1n) is 9.60. The number of carbonyl (C=O) groups is 2. The van der Waals surface area contributed by atoms with Gasteiger partial charge in [-0.2, -0.15) is 0 Å². The zero-order chi connectivity index (χ0) is 18.7. The fraction of sp³-hybridized carbons (Fsp3) is 0.429. The third-order valence-electron chi connectivity index (χ3n) is 6.58. The predicted octanol–water partition coefficient (Wildman–Crippen LogP) is 3.78. The van der Waals surface area contributed by atoms with Crippen LogP contribution >= 0.6 is 0 Å². The van der Waals surface area contributed by atoms with E-state index < -0.39 is 4.92 Å². The Hall–Kier alpha value is -2.76. The van der Waals surface area contributed by atoms with Crippen LogP contribution in [0.3, 0.4) is 0 Å². The molecule has 6 heteroatoms. The van der Waals surface area contributed by atoms with E-state index in [4.69, 9.17) is 0 Å². The van der Waals surface area contributed by atoms with Crippen molar-refractivity contribution in [2.45, 2.75) is 32.1 Å². The van der Waals surface area contributed by atoms with Crippen molar-refractivity contribution in [2.24, 2.45) is 23.7 Å². The number of imide groups is 1. The highest BCUT2D eigenvalue weighted by Crippen LogP contribution is 2.58. The lowest BCUT2D eigenvalue weighted by atomic mass is 9.85. The van der Waals surface area contributed by atoms with E-state index in [-0.39, 0.29) is 41.2 Å². The quantitative estimate of drug-likeness (QED) is 0.346. The van der Waals surface area contributed by atoms with Crippen molar-refractivity contribution in [3.8, 4) is 0 Å². The maximum absolute atomic E-state index is 13.2. The summed E-state index contributed by atoms with van der Waals surface area (Å²) in [5.41, 5.74) is 2.97. The normalized spacial score (nSPS) is 31.8. The SMILES string of the molecule is O=C1[C@@H]2[C@@H](C(=O)N1c1cccc([N+](=O)[O-])c1)[C@@H]1C=C[C@@H]2C1=C1CCCCC1. The smallest absolute Gasteiger partial charge is 0.271 e. The molecule has 0 N–H and O–H groups in total. The molecule has 6 nitrogen and oxygen atoms in total. The number of nitrogens with zero attached hydrogens (tertiary/aromatic N) is 2. The van der Waals surface area contributed by atoms with Gasteiger partial charge >= 0.3 is 0 Å². The topological polar surface area (TPSA) is 80.5 Å². The first kappa shape index (κ1) is 16.4. The van der Waals surface area contributed by atoms with Gasteiger partial charge in [0.25, 0.3) is 5.69 Å². The Morgan fingerprint density at radius 2 is 1.59 bits per heavy atom. The molecule has 5 rings (SSSR count). The monoisotopic (exact) mass is 364 g/mol. The van der Waals surface area contributed by atoms with Crippen LogP contribution in [-0.4, -0.2) is 16.7 Å². The highest BCUT2D eigenvalue weighted by Gasteiger charge is 2.62. The fourth-order valence-electron chi connectivity index (χ4n) is 5.50. The molecule has 0 unspecified atom stereocenters. The van der Waals surface area contributed by atoms with Crippen molar-refractivity contribution >= 4 is 23.2 Å². The summed E-state index contributed by atoms with van der Waals surface area (Å²) in [4.78, 5) is 38.1. The molecule has 1 aromatic carbocycles. The van der Waals surface area contributed by atoms with Crippen LogP contribution in [0, 0.1) is 33.8 Å². The van der Waals surface area contributed by atoms with Crippen molar-refractivity contribution in [3.63, 3.8) is 0 Å². The van der Waals surface area contributed by atoms with Crippen molar-refractivity contribution in [1.82, 2.24) is 0 Å². The summed E-state index contributed by atoms with van der Waals surface area (Å²) >= 11 is 0. The number of anilines is 1. The number of rotatable bonds is 2. The van der Waals surface area contributed by atoms with Gasteiger partial charge in [0, 0.05) is 24.0 Å². The lowest BCUT2D eigenvalue weighted by Gasteiger charge is -2.23. The Morgan fingerprint density at radius 3 is 2.19 bits per heavy atom. The lowest BCUT2D eigenvalue weighted by Crippen LogP contribution is -2.33. The molecule has 4 aliphatic rings. The van der Waals surface area contributed by atoms with Gasteiger partial charge in [0.05, 0.1) is 22.4 Å². The van der Waals surface area contributed by atoms with Gasteiger partial charge in [-0.3, -0.25) is 19.7 Å². The Kier molecular flexibility index (Phi) is 3.57. The Bertz CT molecular complexity index is 890. The molecule has 2 amide bonds. The minimum absolute atomic E-state index is 0.0215. The molecule has 1 aliphatic heterocycles. The van der Waals surface area contributed by atoms with Crippen molar-refractivity contribution in [2.75, 3.05) is 4.90 Å². The molecular formula is C21H20N2O4. The molecule has 4 atom stereocenters. The van der Waals surface area contributed by atoms with E-state index in [1.807, 2.05) is 0 Å². The van der Waals surface area contributed by atoms with Gasteiger partial charge in [-0.05, 0) is 31.7 Å². The number of carbonyl (C=O) groups excluding carboxylic acids is 2. The lowest BCUT2D eigenvalue weighted by molar-refractivity contribution is -0.384. The predicted molar refractivity (Wildman–Crippen MR) is 98.8 cm³/mol. The van der Waals surface area contributed by atoms with Gasteiger partial charge < -0.3 is 0 Å². The van der Waals surface area contributed by atoms with Gasteiger partial charge in [-0.25, -0.2) is 4.90 Å². The average molecular weight is 364 g/mol. The fourth-order valence-corrected chi connectivity index (χ4v) is 5.50. The summed E-state index contributed by atoms with van der Waals surface area (Å²) in [6.07, 6.45) is 10.0. The molecule has 1 aromatic rings. The number of hydrogen-bond donors (Lipinski definition) is 0. The summed E-state index contributed by atoms with van der Waals surface area (Å²) in [5, 5.41) is 11.1. The van der Waals surface area contributed by atoms with E-state index in [0.717, 1.165) is 12.8 Å². The number of amides is 2. The van der Waals surface area contributed by atoms with E-state index in [9.17, 15) is 19.7 Å². The van der Waals surface area contributed by atoms with E-state index >= 15 is 0 Å². The summed E-state index contributed by atoms with van der Waals surface area (Å²) < 4.78 is 0. The molecule has 3 fully saturated rings. The van der Waals surface area contributed by atoms with Gasteiger partial charge in [0.1, 0.15) is 0 Å². The standard InChI is InChI=1S/C21H20N2O4/c24-20-18-15-9-10-16(17(15)12-5-2-1-3-6-12)19(18)21(25)22(20)13-7-4-8-14(11-13)23(26)27/h4,7-11,15-16,18-19H,1-3,5-6H2/t15-,16-,18+,19+/m1/s1. The number of hydrogen-bond acceptors (Lipinski definition) is 4. The van der Waals surface area contributed by atoms with Crippen LogP contribution < -0.4 is 4.90 Å². The number of fused-ring (bicyclic) bond motifs is 5. The van der Waals surface area contributed by atoms with Crippen LogP contribution in [0.4, 0.5) is 11.4 Å². The molecule has 0 aromatic heterocycles. The molecule has 138 valence electrons. The summed E-state index contributed by atoms with van der Waals surface area (Å²) in [6, 6.07) is 5.79. The maximum atomic E-state index is 13.2. The number of nitro groups is 1. The largest absolute Gasteiger partial charge is 0.274 e. The number of non-ortho nitro benzene ring substituents is 1. The third kappa shape index (κ3) is 2.25. The Balaban J connectivity index is 1.52. The van der Waals surface area contributed by atoms with Crippen LogP contribution in [0.2, 0.25) is 0 Å². The van der Waals surface area contributed by atoms with Crippen LogP contribution in [0.5, 0.6) is 0 Å². The van der Waals surface area contributed by atoms with Crippen LogP contribution in [0.25, 0.3) is 0 Å². The summed E-state index contributed by atoms with van der Waals surface area (Å²) in [6.45, 7) is 0. The number of nitro benzene ring substituents is 1. The molecule has 0 radical (unpaired) electrons. The van der Waals surface area contributed by atoms with Gasteiger partial charge in [-0.1, -0.05) is 35.8 Å². The molecular weight excluding hydrogens is 344 g/mol. The Morgan fingerprint density at radius 1 is 0.963 bits per heavy atom. The second-order valence-electron chi connectivity index (χ2n) is 7.90. The minimum Gasteiger partial charge on any atom is -0.274 e. The molecule has 2 bridgehead atoms. The van der Waals surface area contributed by atoms with Gasteiger partial charge in [0.2, 0.25) is 11.8 Å². The van der Waals surface area contributed by atoms with Crippen molar-refractivity contribution < 1.29 is 14.5 Å².